The third-order valence-electron chi connectivity index (χ3n) is 3.55. The van der Waals surface area contributed by atoms with Crippen molar-refractivity contribution >= 4 is 22.3 Å². The minimum Gasteiger partial charge on any atom is -0.394 e. The molecule has 0 bridgehead atoms. The molecule has 0 unspecified atom stereocenters. The highest BCUT2D eigenvalue weighted by molar-refractivity contribution is 5.96. The number of aromatic nitrogens is 1. The van der Waals surface area contributed by atoms with Crippen molar-refractivity contribution in [2.24, 2.45) is 0 Å². The van der Waals surface area contributed by atoms with Gasteiger partial charge in [-0.2, -0.15) is 0 Å². The number of fused-ring (bicyclic) bond motifs is 1. The van der Waals surface area contributed by atoms with Crippen LogP contribution in [0.3, 0.4) is 0 Å². The Morgan fingerprint density at radius 3 is 2.65 bits per heavy atom. The van der Waals surface area contributed by atoms with Crippen LogP contribution in [0.25, 0.3) is 10.9 Å². The Balaban J connectivity index is 2.76. The molecule has 0 spiro atoms. The number of anilines is 1. The zero-order valence-corrected chi connectivity index (χ0v) is 11.7. The number of benzene rings is 1. The fraction of sp³-hybridized carbons (Fsp3) is 0.357. The molecule has 0 radical (unpaired) electrons. The van der Waals surface area contributed by atoms with E-state index in [0.717, 1.165) is 0 Å². The first-order valence-electron chi connectivity index (χ1n) is 6.25. The normalized spacial score (nSPS) is 11.6. The predicted molar refractivity (Wildman–Crippen MR) is 78.0 cm³/mol. The molecular formula is C14H17N3O3. The lowest BCUT2D eigenvalue weighted by atomic mass is 10.0. The van der Waals surface area contributed by atoms with Crippen molar-refractivity contribution in [3.63, 3.8) is 0 Å². The zero-order valence-electron chi connectivity index (χ0n) is 11.7. The van der Waals surface area contributed by atoms with Crippen molar-refractivity contribution < 1.29 is 10.0 Å². The first kappa shape index (κ1) is 14.2. The first-order chi connectivity index (χ1) is 9.38. The third kappa shape index (κ3) is 2.30. The fourth-order valence-corrected chi connectivity index (χ4v) is 2.01. The lowest BCUT2D eigenvalue weighted by Crippen LogP contribution is -2.44. The van der Waals surface area contributed by atoms with Crippen LogP contribution in [0, 0.1) is 10.1 Å². The Kier molecular flexibility index (Phi) is 3.59. The van der Waals surface area contributed by atoms with Gasteiger partial charge in [0.2, 0.25) is 0 Å². The summed E-state index contributed by atoms with van der Waals surface area (Å²) in [6, 6.07) is 7.26. The van der Waals surface area contributed by atoms with Gasteiger partial charge in [-0.25, -0.2) is 4.98 Å². The van der Waals surface area contributed by atoms with Crippen molar-refractivity contribution in [2.75, 3.05) is 18.6 Å². The van der Waals surface area contributed by atoms with Gasteiger partial charge in [-0.15, -0.1) is 0 Å². The van der Waals surface area contributed by atoms with Gasteiger partial charge in [0.05, 0.1) is 22.6 Å². The third-order valence-corrected chi connectivity index (χ3v) is 3.55. The Hall–Kier alpha value is -2.21. The van der Waals surface area contributed by atoms with Gasteiger partial charge in [0.15, 0.2) is 0 Å². The van der Waals surface area contributed by atoms with Crippen LogP contribution in [-0.2, 0) is 0 Å². The standard InChI is InChI=1S/C14H17N3O3/c1-14(2,9-18)16(3)13-10-6-4-5-7-11(10)15-8-12(13)17(19)20/h4-8,18H,9H2,1-3H3. The predicted octanol–water partition coefficient (Wildman–Crippen LogP) is 2.35. The molecule has 0 fully saturated rings. The smallest absolute Gasteiger partial charge is 0.311 e. The molecule has 6 heteroatoms. The van der Waals surface area contributed by atoms with E-state index in [1.54, 1.807) is 18.0 Å². The van der Waals surface area contributed by atoms with E-state index < -0.39 is 10.5 Å². The summed E-state index contributed by atoms with van der Waals surface area (Å²) in [5.41, 5.74) is 0.482. The molecule has 6 nitrogen and oxygen atoms in total. The van der Waals surface area contributed by atoms with Crippen molar-refractivity contribution in [3.05, 3.63) is 40.6 Å². The molecule has 0 aliphatic heterocycles. The van der Waals surface area contributed by atoms with Crippen LogP contribution >= 0.6 is 0 Å². The molecule has 1 N–H and O–H groups in total. The van der Waals surface area contributed by atoms with E-state index in [2.05, 4.69) is 4.98 Å². The monoisotopic (exact) mass is 275 g/mol. The van der Waals surface area contributed by atoms with Gasteiger partial charge in [-0.3, -0.25) is 10.1 Å². The number of aliphatic hydroxyl groups is 1. The van der Waals surface area contributed by atoms with Crippen LogP contribution < -0.4 is 4.90 Å². The second-order valence-corrected chi connectivity index (χ2v) is 5.30. The lowest BCUT2D eigenvalue weighted by molar-refractivity contribution is -0.384. The van der Waals surface area contributed by atoms with E-state index in [1.165, 1.54) is 6.20 Å². The summed E-state index contributed by atoms with van der Waals surface area (Å²) in [6.45, 7) is 3.54. The molecule has 106 valence electrons. The van der Waals surface area contributed by atoms with Crippen LogP contribution in [0.2, 0.25) is 0 Å². The van der Waals surface area contributed by atoms with E-state index in [-0.39, 0.29) is 12.3 Å². The molecule has 2 aromatic rings. The topological polar surface area (TPSA) is 79.5 Å². The summed E-state index contributed by atoms with van der Waals surface area (Å²) >= 11 is 0. The molecular weight excluding hydrogens is 258 g/mol. The summed E-state index contributed by atoms with van der Waals surface area (Å²) < 4.78 is 0. The highest BCUT2D eigenvalue weighted by atomic mass is 16.6. The number of pyridine rings is 1. The van der Waals surface area contributed by atoms with Crippen LogP contribution in [0.1, 0.15) is 13.8 Å². The largest absolute Gasteiger partial charge is 0.394 e. The van der Waals surface area contributed by atoms with Crippen LogP contribution in [0.15, 0.2) is 30.5 Å². The van der Waals surface area contributed by atoms with Gasteiger partial charge in [0, 0.05) is 12.4 Å². The molecule has 1 aromatic heterocycles. The molecule has 2 rings (SSSR count). The minimum absolute atomic E-state index is 0.0623. The molecule has 0 saturated heterocycles. The van der Waals surface area contributed by atoms with Gasteiger partial charge in [0.25, 0.3) is 0 Å². The summed E-state index contributed by atoms with van der Waals surface area (Å²) in [7, 11) is 1.74. The van der Waals surface area contributed by atoms with Crippen LogP contribution in [0.4, 0.5) is 11.4 Å². The number of rotatable bonds is 4. The van der Waals surface area contributed by atoms with Gasteiger partial charge in [-0.1, -0.05) is 18.2 Å². The molecule has 1 heterocycles. The second-order valence-electron chi connectivity index (χ2n) is 5.30. The summed E-state index contributed by atoms with van der Waals surface area (Å²) in [6.07, 6.45) is 1.27. The van der Waals surface area contributed by atoms with Gasteiger partial charge in [0.1, 0.15) is 11.9 Å². The van der Waals surface area contributed by atoms with E-state index in [4.69, 9.17) is 0 Å². The number of likely N-dealkylation sites (N-methyl/N-ethyl adjacent to an activating group) is 1. The number of hydrogen-bond acceptors (Lipinski definition) is 5. The first-order valence-corrected chi connectivity index (χ1v) is 6.25. The molecule has 0 aliphatic carbocycles. The van der Waals surface area contributed by atoms with Crippen LogP contribution in [-0.4, -0.2) is 34.2 Å². The Morgan fingerprint density at radius 1 is 1.40 bits per heavy atom. The number of nitro groups is 1. The Bertz CT molecular complexity index is 655. The molecule has 1 aromatic carbocycles. The maximum Gasteiger partial charge on any atom is 0.311 e. The van der Waals surface area contributed by atoms with Gasteiger partial charge < -0.3 is 10.0 Å². The van der Waals surface area contributed by atoms with Crippen molar-refractivity contribution in [3.8, 4) is 0 Å². The van der Waals surface area contributed by atoms with E-state index in [9.17, 15) is 15.2 Å². The SMILES string of the molecule is CN(c1c([N+](=O)[O-])cnc2ccccc12)C(C)(C)CO. The Labute approximate surface area is 116 Å². The minimum atomic E-state index is -0.616. The fourth-order valence-electron chi connectivity index (χ4n) is 2.01. The number of nitrogens with zero attached hydrogens (tertiary/aromatic N) is 3. The molecule has 0 amide bonds. The maximum absolute atomic E-state index is 11.3. The molecule has 0 atom stereocenters. The summed E-state index contributed by atoms with van der Waals surface area (Å²) in [5, 5.41) is 21.5. The highest BCUT2D eigenvalue weighted by Crippen LogP contribution is 2.37. The molecule has 0 aliphatic rings. The van der Waals surface area contributed by atoms with Crippen LogP contribution in [0.5, 0.6) is 0 Å². The lowest BCUT2D eigenvalue weighted by Gasteiger charge is -2.35. The average molecular weight is 275 g/mol. The Morgan fingerprint density at radius 2 is 2.05 bits per heavy atom. The highest BCUT2D eigenvalue weighted by Gasteiger charge is 2.30. The van der Waals surface area contributed by atoms with E-state index in [1.807, 2.05) is 32.0 Å². The average Bonchev–Trinajstić information content (AvgIpc) is 2.45. The number of aliphatic hydroxyl groups excluding tert-OH is 1. The van der Waals surface area contributed by atoms with Gasteiger partial charge in [-0.05, 0) is 19.9 Å². The van der Waals surface area contributed by atoms with Gasteiger partial charge >= 0.3 is 5.69 Å². The molecule has 20 heavy (non-hydrogen) atoms. The van der Waals surface area contributed by atoms with Crippen molar-refractivity contribution in [2.45, 2.75) is 19.4 Å². The van der Waals surface area contributed by atoms with Crippen molar-refractivity contribution in [1.82, 2.24) is 4.98 Å². The van der Waals surface area contributed by atoms with Crippen molar-refractivity contribution in [1.29, 1.82) is 0 Å². The summed E-state index contributed by atoms with van der Waals surface area (Å²) in [4.78, 5) is 16.7. The van der Waals surface area contributed by atoms with E-state index in [0.29, 0.717) is 16.6 Å². The number of hydrogen-bond donors (Lipinski definition) is 1. The maximum atomic E-state index is 11.3. The zero-order chi connectivity index (χ0) is 14.9. The quantitative estimate of drug-likeness (QED) is 0.684. The molecule has 0 saturated carbocycles. The number of para-hydroxylation sites is 1. The van der Waals surface area contributed by atoms with E-state index >= 15 is 0 Å². The second kappa shape index (κ2) is 5.05. The summed E-state index contributed by atoms with van der Waals surface area (Å²) in [5.74, 6) is 0.